The molecule has 0 N–H and O–H groups in total. The highest BCUT2D eigenvalue weighted by Gasteiger charge is 1.61. The van der Waals surface area contributed by atoms with Gasteiger partial charge in [0.1, 0.15) is 0 Å². The van der Waals surface area contributed by atoms with Crippen LogP contribution in [0.15, 0.2) is 12.3 Å². The molecule has 9 heavy (non-hydrogen) atoms. The van der Waals surface area contributed by atoms with E-state index in [1.807, 2.05) is 31.7 Å². The van der Waals surface area contributed by atoms with E-state index in [1.165, 1.54) is 0 Å². The summed E-state index contributed by atoms with van der Waals surface area (Å²) in [5.41, 5.74) is 1.85. The highest BCUT2D eigenvalue weighted by molar-refractivity contribution is 6.33. The molecule has 2 nitrogen and oxygen atoms in total. The van der Waals surface area contributed by atoms with E-state index in [2.05, 4.69) is 6.58 Å². The minimum Gasteiger partial charge on any atom is -0.422 e. The van der Waals surface area contributed by atoms with Gasteiger partial charge in [-0.3, -0.25) is 0 Å². The van der Waals surface area contributed by atoms with E-state index in [0.29, 0.717) is 0 Å². The van der Waals surface area contributed by atoms with Crippen LogP contribution in [0.5, 0.6) is 0 Å². The molecule has 3 heteroatoms. The van der Waals surface area contributed by atoms with Gasteiger partial charge in [0.15, 0.2) is 9.76 Å². The summed E-state index contributed by atoms with van der Waals surface area (Å²) < 4.78 is 4.71. The zero-order chi connectivity index (χ0) is 7.70. The fraction of sp³-hybridized carbons (Fsp3) is 0.667. The van der Waals surface area contributed by atoms with Crippen molar-refractivity contribution in [2.24, 2.45) is 0 Å². The Labute approximate surface area is 60.5 Å². The van der Waals surface area contributed by atoms with Gasteiger partial charge < -0.3 is 9.33 Å². The summed E-state index contributed by atoms with van der Waals surface area (Å²) in [4.78, 5) is 2.00. The molecule has 0 aromatic rings. The van der Waals surface area contributed by atoms with Crippen molar-refractivity contribution in [3.05, 3.63) is 12.3 Å². The predicted molar refractivity (Wildman–Crippen MR) is 45.4 cm³/mol. The molecule has 0 saturated carbocycles. The van der Waals surface area contributed by atoms with Crippen LogP contribution in [0.1, 0.15) is 0 Å². The smallest absolute Gasteiger partial charge is 0.184 e. The molecule has 0 spiro atoms. The Morgan fingerprint density at radius 1 is 1.44 bits per heavy atom. The van der Waals surface area contributed by atoms with Gasteiger partial charge in [0.25, 0.3) is 0 Å². The molecule has 0 amide bonds. The number of hydrogen-bond donors (Lipinski definition) is 0. The molecule has 0 aromatic carbocycles. The van der Waals surface area contributed by atoms with Crippen molar-refractivity contribution in [3.8, 4) is 0 Å². The lowest BCUT2D eigenvalue weighted by atomic mass is 11.0. The third-order valence-electron chi connectivity index (χ3n) is 0.285. The van der Waals surface area contributed by atoms with Gasteiger partial charge >= 0.3 is 0 Å². The van der Waals surface area contributed by atoms with Crippen LogP contribution in [-0.2, 0) is 4.43 Å². The Bertz CT molecular complexity index is 54.3. The van der Waals surface area contributed by atoms with Crippen LogP contribution in [-0.4, -0.2) is 42.9 Å². The summed E-state index contributed by atoms with van der Waals surface area (Å²) >= 11 is 0. The van der Waals surface area contributed by atoms with E-state index in [9.17, 15) is 0 Å². The molecule has 0 radical (unpaired) electrons. The summed E-state index contributed by atoms with van der Waals surface area (Å²) in [7, 11) is 7.40. The first-order valence-corrected chi connectivity index (χ1v) is 4.25. The second kappa shape index (κ2) is 10.8. The Kier molecular flexibility index (Phi) is 14.0. The Hall–Kier alpha value is -0.123. The van der Waals surface area contributed by atoms with Gasteiger partial charge in [-0.15, -0.1) is 6.58 Å². The van der Waals surface area contributed by atoms with Crippen molar-refractivity contribution in [3.63, 3.8) is 0 Å². The molecule has 0 unspecified atom stereocenters. The molecule has 0 aliphatic carbocycles. The quantitative estimate of drug-likeness (QED) is 0.511. The van der Waals surface area contributed by atoms with Gasteiger partial charge in [-0.05, 0) is 21.1 Å². The largest absolute Gasteiger partial charge is 0.422 e. The summed E-state index contributed by atoms with van der Waals surface area (Å²) in [6.45, 7) is 3.49. The maximum absolute atomic E-state index is 4.71. The van der Waals surface area contributed by atoms with Crippen LogP contribution in [0, 0.1) is 0 Å². The Morgan fingerprint density at radius 2 is 1.78 bits per heavy atom. The van der Waals surface area contributed by atoms with E-state index >= 15 is 0 Å². The first-order chi connectivity index (χ1) is 4.15. The first-order valence-electron chi connectivity index (χ1n) is 2.86. The SMILES string of the molecule is C=C[SiH2]OC.CN(C)C. The minimum absolute atomic E-state index is 0.304. The van der Waals surface area contributed by atoms with Crippen LogP contribution in [0.3, 0.4) is 0 Å². The highest BCUT2D eigenvalue weighted by Crippen LogP contribution is 1.55. The van der Waals surface area contributed by atoms with E-state index in [0.717, 1.165) is 0 Å². The molecule has 0 fully saturated rings. The summed E-state index contributed by atoms with van der Waals surface area (Å²) in [6, 6.07) is 0. The zero-order valence-corrected chi connectivity index (χ0v) is 8.26. The van der Waals surface area contributed by atoms with Crippen LogP contribution in [0.4, 0.5) is 0 Å². The fourth-order valence-corrected chi connectivity index (χ4v) is 0.354. The van der Waals surface area contributed by atoms with Gasteiger partial charge in [0.2, 0.25) is 0 Å². The van der Waals surface area contributed by atoms with E-state index in [-0.39, 0.29) is 9.76 Å². The van der Waals surface area contributed by atoms with Crippen LogP contribution < -0.4 is 0 Å². The average Bonchev–Trinajstić information content (AvgIpc) is 1.66. The summed E-state index contributed by atoms with van der Waals surface area (Å²) in [5, 5.41) is 0. The third kappa shape index (κ3) is 77.2. The molecule has 0 rings (SSSR count). The Balaban J connectivity index is 0. The van der Waals surface area contributed by atoms with Crippen LogP contribution in [0.2, 0.25) is 0 Å². The second-order valence-corrected chi connectivity index (χ2v) is 3.57. The molecule has 0 atom stereocenters. The lowest BCUT2D eigenvalue weighted by molar-refractivity contribution is 0.449. The molecule has 0 aromatic heterocycles. The van der Waals surface area contributed by atoms with Crippen molar-refractivity contribution >= 4 is 9.76 Å². The summed E-state index contributed by atoms with van der Waals surface area (Å²) in [6.07, 6.45) is 0. The molecule has 0 heterocycles. The molecular formula is C6H17NOSi. The molecule has 0 aliphatic heterocycles. The third-order valence-corrected chi connectivity index (χ3v) is 0.854. The number of hydrogen-bond acceptors (Lipinski definition) is 2. The van der Waals surface area contributed by atoms with Crippen molar-refractivity contribution in [2.75, 3.05) is 28.3 Å². The van der Waals surface area contributed by atoms with Crippen molar-refractivity contribution in [2.45, 2.75) is 0 Å². The maximum Gasteiger partial charge on any atom is 0.184 e. The molecule has 0 bridgehead atoms. The predicted octanol–water partition coefficient (Wildman–Crippen LogP) is 0.0379. The average molecular weight is 147 g/mol. The Morgan fingerprint density at radius 3 is 1.78 bits per heavy atom. The van der Waals surface area contributed by atoms with Crippen molar-refractivity contribution in [1.82, 2.24) is 4.90 Å². The zero-order valence-electron chi connectivity index (χ0n) is 6.85. The van der Waals surface area contributed by atoms with Gasteiger partial charge in [-0.25, -0.2) is 0 Å². The van der Waals surface area contributed by atoms with E-state index in [1.54, 1.807) is 7.11 Å². The summed E-state index contributed by atoms with van der Waals surface area (Å²) in [5.74, 6) is 0. The van der Waals surface area contributed by atoms with Crippen LogP contribution >= 0.6 is 0 Å². The van der Waals surface area contributed by atoms with Gasteiger partial charge in [-0.2, -0.15) is 0 Å². The first kappa shape index (κ1) is 11.6. The van der Waals surface area contributed by atoms with Gasteiger partial charge in [0, 0.05) is 7.11 Å². The van der Waals surface area contributed by atoms with Crippen LogP contribution in [0.25, 0.3) is 0 Å². The topological polar surface area (TPSA) is 12.5 Å². The second-order valence-electron chi connectivity index (χ2n) is 2.09. The van der Waals surface area contributed by atoms with Crippen molar-refractivity contribution < 1.29 is 4.43 Å². The van der Waals surface area contributed by atoms with E-state index in [4.69, 9.17) is 4.43 Å². The molecule has 0 aliphatic rings. The van der Waals surface area contributed by atoms with Crippen molar-refractivity contribution in [1.29, 1.82) is 0 Å². The molecular weight excluding hydrogens is 130 g/mol. The number of nitrogens with zero attached hydrogens (tertiary/aromatic N) is 1. The minimum atomic E-state index is -0.304. The lowest BCUT2D eigenvalue weighted by Gasteiger charge is -1.90. The highest BCUT2D eigenvalue weighted by atomic mass is 28.2. The van der Waals surface area contributed by atoms with Gasteiger partial charge in [0.05, 0.1) is 0 Å². The molecule has 56 valence electrons. The maximum atomic E-state index is 4.71. The number of rotatable bonds is 2. The normalized spacial score (nSPS) is 9.44. The van der Waals surface area contributed by atoms with E-state index < -0.39 is 0 Å². The lowest BCUT2D eigenvalue weighted by Crippen LogP contribution is -1.99. The van der Waals surface area contributed by atoms with Gasteiger partial charge in [-0.1, -0.05) is 5.70 Å². The standard InChI is InChI=1S/C3H9N.C3H8OSi/c1-4(2)3;1-3-5-4-2/h1-3H3;3H,1,5H2,2H3. The fourth-order valence-electron chi connectivity index (χ4n) is 0.118. The monoisotopic (exact) mass is 147 g/mol. The molecule has 0 saturated heterocycles.